The van der Waals surface area contributed by atoms with Crippen LogP contribution in [0.4, 0.5) is 4.39 Å². The van der Waals surface area contributed by atoms with Gasteiger partial charge in [-0.1, -0.05) is 26.8 Å². The van der Waals surface area contributed by atoms with Gasteiger partial charge in [0.2, 0.25) is 0 Å². The van der Waals surface area contributed by atoms with Crippen molar-refractivity contribution in [3.8, 4) is 0 Å². The Morgan fingerprint density at radius 2 is 1.86 bits per heavy atom. The van der Waals surface area contributed by atoms with Gasteiger partial charge in [0.05, 0.1) is 6.61 Å². The fourth-order valence-corrected chi connectivity index (χ4v) is 1.78. The predicted octanol–water partition coefficient (Wildman–Crippen LogP) is 2.92. The van der Waals surface area contributed by atoms with Gasteiger partial charge in [0, 0.05) is 0 Å². The number of aliphatic hydroxyl groups excluding tert-OH is 1. The third-order valence-electron chi connectivity index (χ3n) is 2.24. The average molecular weight is 196 g/mol. The van der Waals surface area contributed by atoms with Crippen molar-refractivity contribution in [2.45, 2.75) is 39.7 Å². The first-order valence-electron chi connectivity index (χ1n) is 4.76. The van der Waals surface area contributed by atoms with Crippen LogP contribution in [0.2, 0.25) is 0 Å². The van der Waals surface area contributed by atoms with Crippen LogP contribution in [0.3, 0.4) is 0 Å². The van der Waals surface area contributed by atoms with Crippen LogP contribution in [0, 0.1) is 12.7 Å². The van der Waals surface area contributed by atoms with E-state index in [1.54, 1.807) is 0 Å². The van der Waals surface area contributed by atoms with Gasteiger partial charge >= 0.3 is 0 Å². The molecule has 0 bridgehead atoms. The molecule has 1 aromatic carbocycles. The summed E-state index contributed by atoms with van der Waals surface area (Å²) in [7, 11) is 0. The summed E-state index contributed by atoms with van der Waals surface area (Å²) in [5, 5.41) is 9.16. The highest BCUT2D eigenvalue weighted by Gasteiger charge is 2.22. The molecule has 0 aromatic heterocycles. The van der Waals surface area contributed by atoms with Crippen molar-refractivity contribution in [1.29, 1.82) is 0 Å². The number of benzene rings is 1. The third-order valence-corrected chi connectivity index (χ3v) is 2.24. The van der Waals surface area contributed by atoms with E-state index >= 15 is 0 Å². The van der Waals surface area contributed by atoms with Crippen molar-refractivity contribution in [2.75, 3.05) is 0 Å². The van der Waals surface area contributed by atoms with Gasteiger partial charge in [-0.3, -0.25) is 0 Å². The Bertz CT molecular complexity index is 337. The fourth-order valence-electron chi connectivity index (χ4n) is 1.78. The van der Waals surface area contributed by atoms with Crippen LogP contribution in [0.25, 0.3) is 0 Å². The average Bonchev–Trinajstić information content (AvgIpc) is 1.99. The summed E-state index contributed by atoms with van der Waals surface area (Å²) in [6.07, 6.45) is 0. The van der Waals surface area contributed by atoms with Crippen LogP contribution >= 0.6 is 0 Å². The molecule has 0 aliphatic rings. The second-order valence-corrected chi connectivity index (χ2v) is 4.69. The van der Waals surface area contributed by atoms with E-state index in [4.69, 9.17) is 5.11 Å². The summed E-state index contributed by atoms with van der Waals surface area (Å²) in [6.45, 7) is 7.56. The van der Waals surface area contributed by atoms with Gasteiger partial charge in [-0.2, -0.15) is 0 Å². The highest BCUT2D eigenvalue weighted by molar-refractivity contribution is 5.37. The molecule has 1 nitrogen and oxygen atoms in total. The first-order valence-corrected chi connectivity index (χ1v) is 4.76. The fraction of sp³-hybridized carbons (Fsp3) is 0.500. The van der Waals surface area contributed by atoms with Crippen LogP contribution in [0.5, 0.6) is 0 Å². The first kappa shape index (κ1) is 11.2. The monoisotopic (exact) mass is 196 g/mol. The predicted molar refractivity (Wildman–Crippen MR) is 55.8 cm³/mol. The second kappa shape index (κ2) is 3.70. The molecule has 78 valence electrons. The maximum Gasteiger partial charge on any atom is 0.127 e. The number of hydrogen-bond acceptors (Lipinski definition) is 1. The Labute approximate surface area is 84.6 Å². The molecule has 0 fully saturated rings. The van der Waals surface area contributed by atoms with E-state index in [0.29, 0.717) is 11.1 Å². The number of hydrogen-bond donors (Lipinski definition) is 1. The topological polar surface area (TPSA) is 20.2 Å². The lowest BCUT2D eigenvalue weighted by Gasteiger charge is -2.23. The summed E-state index contributed by atoms with van der Waals surface area (Å²) in [6, 6.07) is 3.35. The molecule has 14 heavy (non-hydrogen) atoms. The minimum atomic E-state index is -0.268. The largest absolute Gasteiger partial charge is 0.392 e. The maximum absolute atomic E-state index is 13.7. The van der Waals surface area contributed by atoms with Crippen molar-refractivity contribution in [3.63, 3.8) is 0 Å². The third kappa shape index (κ3) is 2.13. The zero-order valence-electron chi connectivity index (χ0n) is 9.19. The molecule has 0 heterocycles. The normalized spacial score (nSPS) is 11.9. The number of rotatable bonds is 1. The van der Waals surface area contributed by atoms with Gasteiger partial charge in [-0.15, -0.1) is 0 Å². The summed E-state index contributed by atoms with van der Waals surface area (Å²) < 4.78 is 13.7. The molecule has 0 aliphatic heterocycles. The molecule has 0 unspecified atom stereocenters. The van der Waals surface area contributed by atoms with Crippen LogP contribution in [-0.2, 0) is 12.0 Å². The second-order valence-electron chi connectivity index (χ2n) is 4.69. The molecule has 1 aromatic rings. The standard InChI is InChI=1S/C12H17FO/c1-8-5-9(7-14)11(10(13)6-8)12(2,3)4/h5-6,14H,7H2,1-4H3. The van der Waals surface area contributed by atoms with Crippen molar-refractivity contribution in [1.82, 2.24) is 0 Å². The molecular weight excluding hydrogens is 179 g/mol. The Morgan fingerprint density at radius 3 is 2.29 bits per heavy atom. The zero-order valence-corrected chi connectivity index (χ0v) is 9.19. The van der Waals surface area contributed by atoms with Crippen molar-refractivity contribution >= 4 is 0 Å². The van der Waals surface area contributed by atoms with Crippen molar-refractivity contribution in [2.24, 2.45) is 0 Å². The van der Waals surface area contributed by atoms with Gasteiger partial charge in [0.15, 0.2) is 0 Å². The number of aryl methyl sites for hydroxylation is 1. The number of halogens is 1. The van der Waals surface area contributed by atoms with E-state index in [0.717, 1.165) is 5.56 Å². The lowest BCUT2D eigenvalue weighted by Crippen LogP contribution is -2.17. The lowest BCUT2D eigenvalue weighted by atomic mass is 9.83. The quantitative estimate of drug-likeness (QED) is 0.732. The van der Waals surface area contributed by atoms with Gasteiger partial charge in [-0.05, 0) is 35.1 Å². The van der Waals surface area contributed by atoms with E-state index in [1.165, 1.54) is 6.07 Å². The highest BCUT2D eigenvalue weighted by Crippen LogP contribution is 2.29. The molecule has 0 spiro atoms. The molecular formula is C12H17FO. The minimum Gasteiger partial charge on any atom is -0.392 e. The molecule has 1 rings (SSSR count). The summed E-state index contributed by atoms with van der Waals surface area (Å²) in [5.74, 6) is -0.221. The van der Waals surface area contributed by atoms with Crippen LogP contribution in [-0.4, -0.2) is 5.11 Å². The Hall–Kier alpha value is -0.890. The Morgan fingerprint density at radius 1 is 1.29 bits per heavy atom. The molecule has 0 amide bonds. The number of aliphatic hydroxyl groups is 1. The van der Waals surface area contributed by atoms with Crippen LogP contribution in [0.1, 0.15) is 37.5 Å². The summed E-state index contributed by atoms with van der Waals surface area (Å²) in [4.78, 5) is 0. The molecule has 0 saturated carbocycles. The summed E-state index contributed by atoms with van der Waals surface area (Å²) in [5.41, 5.74) is 1.88. The van der Waals surface area contributed by atoms with Crippen LogP contribution in [0.15, 0.2) is 12.1 Å². The summed E-state index contributed by atoms with van der Waals surface area (Å²) >= 11 is 0. The van der Waals surface area contributed by atoms with Gasteiger partial charge in [-0.25, -0.2) is 4.39 Å². The molecule has 2 heteroatoms. The SMILES string of the molecule is Cc1cc(F)c(C(C)(C)C)c(CO)c1. The maximum atomic E-state index is 13.7. The Kier molecular flexibility index (Phi) is 2.95. The van der Waals surface area contributed by atoms with Gasteiger partial charge in [0.25, 0.3) is 0 Å². The van der Waals surface area contributed by atoms with Crippen molar-refractivity contribution < 1.29 is 9.50 Å². The lowest BCUT2D eigenvalue weighted by molar-refractivity contribution is 0.277. The van der Waals surface area contributed by atoms with E-state index in [2.05, 4.69) is 0 Å². The van der Waals surface area contributed by atoms with E-state index in [1.807, 2.05) is 33.8 Å². The Balaban J connectivity index is 3.40. The van der Waals surface area contributed by atoms with E-state index in [9.17, 15) is 4.39 Å². The molecule has 0 saturated heterocycles. The first-order chi connectivity index (χ1) is 6.36. The van der Waals surface area contributed by atoms with Crippen molar-refractivity contribution in [3.05, 3.63) is 34.6 Å². The van der Waals surface area contributed by atoms with Crippen LogP contribution < -0.4 is 0 Å². The van der Waals surface area contributed by atoms with Gasteiger partial charge < -0.3 is 5.11 Å². The van der Waals surface area contributed by atoms with E-state index in [-0.39, 0.29) is 17.8 Å². The van der Waals surface area contributed by atoms with E-state index < -0.39 is 0 Å². The zero-order chi connectivity index (χ0) is 10.9. The van der Waals surface area contributed by atoms with Gasteiger partial charge in [0.1, 0.15) is 5.82 Å². The molecule has 0 radical (unpaired) electrons. The molecule has 1 N–H and O–H groups in total. The highest BCUT2D eigenvalue weighted by atomic mass is 19.1. The molecule has 0 aliphatic carbocycles. The minimum absolute atomic E-state index is 0.106. The smallest absolute Gasteiger partial charge is 0.127 e. The molecule has 0 atom stereocenters.